The summed E-state index contributed by atoms with van der Waals surface area (Å²) in [4.78, 5) is 23.6. The second kappa shape index (κ2) is 7.56. The fourth-order valence-electron chi connectivity index (χ4n) is 3.04. The Morgan fingerprint density at radius 1 is 1.15 bits per heavy atom. The Bertz CT molecular complexity index is 817. The van der Waals surface area contributed by atoms with Gasteiger partial charge in [-0.1, -0.05) is 24.6 Å². The van der Waals surface area contributed by atoms with Crippen molar-refractivity contribution in [2.24, 2.45) is 5.41 Å². The van der Waals surface area contributed by atoms with Gasteiger partial charge in [0.05, 0.1) is 5.41 Å². The Balaban J connectivity index is 1.58. The van der Waals surface area contributed by atoms with Crippen LogP contribution in [0.5, 0.6) is 5.75 Å². The van der Waals surface area contributed by atoms with Crippen molar-refractivity contribution < 1.29 is 23.8 Å². The number of hydrogen-bond donors (Lipinski definition) is 2. The second-order valence-corrected chi connectivity index (χ2v) is 6.61. The third-order valence-corrected chi connectivity index (χ3v) is 4.68. The van der Waals surface area contributed by atoms with E-state index < -0.39 is 11.4 Å². The monoisotopic (exact) mass is 357 g/mol. The number of anilines is 1. The lowest BCUT2D eigenvalue weighted by Gasteiger charge is -2.36. The van der Waals surface area contributed by atoms with E-state index in [1.165, 1.54) is 12.1 Å². The summed E-state index contributed by atoms with van der Waals surface area (Å²) in [5, 5.41) is 12.0. The number of carboxylic acid groups (broad SMARTS) is 1. The van der Waals surface area contributed by atoms with Gasteiger partial charge in [-0.05, 0) is 42.7 Å². The maximum atomic E-state index is 13.2. The quantitative estimate of drug-likeness (QED) is 0.786. The molecule has 1 aliphatic rings. The second-order valence-electron chi connectivity index (χ2n) is 6.61. The lowest BCUT2D eigenvalue weighted by Crippen LogP contribution is -2.41. The zero-order valence-electron chi connectivity index (χ0n) is 14.2. The van der Waals surface area contributed by atoms with E-state index in [0.29, 0.717) is 29.8 Å². The van der Waals surface area contributed by atoms with Crippen molar-refractivity contribution in [3.8, 4) is 5.75 Å². The molecule has 1 fully saturated rings. The van der Waals surface area contributed by atoms with Gasteiger partial charge in [0.25, 0.3) is 0 Å². The van der Waals surface area contributed by atoms with Gasteiger partial charge in [-0.2, -0.15) is 0 Å². The number of carbonyl (C=O) groups is 2. The average Bonchev–Trinajstić information content (AvgIpc) is 2.56. The molecule has 2 aromatic rings. The van der Waals surface area contributed by atoms with Crippen molar-refractivity contribution in [3.63, 3.8) is 0 Å². The molecule has 0 heterocycles. The average molecular weight is 357 g/mol. The van der Waals surface area contributed by atoms with Crippen LogP contribution in [-0.4, -0.2) is 17.0 Å². The van der Waals surface area contributed by atoms with Crippen LogP contribution in [0.2, 0.25) is 0 Å². The maximum Gasteiger partial charge on any atom is 0.310 e. The van der Waals surface area contributed by atoms with E-state index >= 15 is 0 Å². The van der Waals surface area contributed by atoms with E-state index in [2.05, 4.69) is 5.32 Å². The molecule has 26 heavy (non-hydrogen) atoms. The molecule has 1 aliphatic carbocycles. The predicted octanol–water partition coefficient (Wildman–Crippen LogP) is 3.99. The summed E-state index contributed by atoms with van der Waals surface area (Å²) < 4.78 is 18.8. The normalized spacial score (nSPS) is 15.0. The summed E-state index contributed by atoms with van der Waals surface area (Å²) in [5.41, 5.74) is 0.315. The van der Waals surface area contributed by atoms with E-state index in [4.69, 9.17) is 4.74 Å². The van der Waals surface area contributed by atoms with Gasteiger partial charge in [0.15, 0.2) is 0 Å². The molecular formula is C20H20FNO4. The highest BCUT2D eigenvalue weighted by Gasteiger charge is 2.45. The van der Waals surface area contributed by atoms with Crippen LogP contribution in [0.25, 0.3) is 0 Å². The molecule has 1 saturated carbocycles. The number of rotatable bonds is 7. The molecule has 0 spiro atoms. The molecule has 2 N–H and O–H groups in total. The first-order valence-corrected chi connectivity index (χ1v) is 8.47. The lowest BCUT2D eigenvalue weighted by atomic mass is 9.66. The molecule has 0 saturated heterocycles. The third kappa shape index (κ3) is 4.20. The molecule has 5 nitrogen and oxygen atoms in total. The topological polar surface area (TPSA) is 75.6 Å². The van der Waals surface area contributed by atoms with Crippen LogP contribution < -0.4 is 10.1 Å². The van der Waals surface area contributed by atoms with E-state index in [1.54, 1.807) is 36.4 Å². The molecule has 3 rings (SSSR count). The maximum absolute atomic E-state index is 13.2. The Kier molecular flexibility index (Phi) is 5.21. The fraction of sp³-hybridized carbons (Fsp3) is 0.300. The van der Waals surface area contributed by atoms with E-state index in [9.17, 15) is 19.1 Å². The summed E-state index contributed by atoms with van der Waals surface area (Å²) in [6.45, 7) is 0.206. The van der Waals surface area contributed by atoms with Crippen molar-refractivity contribution in [3.05, 3.63) is 59.9 Å². The number of amides is 1. The van der Waals surface area contributed by atoms with Gasteiger partial charge >= 0.3 is 5.97 Å². The largest absolute Gasteiger partial charge is 0.489 e. The Morgan fingerprint density at radius 2 is 1.92 bits per heavy atom. The minimum Gasteiger partial charge on any atom is -0.489 e. The molecule has 6 heteroatoms. The van der Waals surface area contributed by atoms with Crippen molar-refractivity contribution in [1.29, 1.82) is 0 Å². The Hall–Kier alpha value is -2.89. The Morgan fingerprint density at radius 3 is 2.58 bits per heavy atom. The summed E-state index contributed by atoms with van der Waals surface area (Å²) in [5.74, 6) is -1.03. The van der Waals surface area contributed by atoms with Crippen molar-refractivity contribution in [2.45, 2.75) is 32.3 Å². The number of ether oxygens (including phenoxy) is 1. The number of hydrogen-bond acceptors (Lipinski definition) is 3. The SMILES string of the molecule is O=C(CC1(C(=O)O)CCC1)Nc1cccc(OCc2cccc(F)c2)c1. The number of halogens is 1. The molecule has 0 unspecified atom stereocenters. The van der Waals surface area contributed by atoms with Crippen molar-refractivity contribution >= 4 is 17.6 Å². The smallest absolute Gasteiger partial charge is 0.310 e. The minimum absolute atomic E-state index is 0.0310. The molecule has 2 aromatic carbocycles. The summed E-state index contributed by atoms with van der Waals surface area (Å²) in [6, 6.07) is 13.0. The summed E-state index contributed by atoms with van der Waals surface area (Å²) >= 11 is 0. The molecule has 0 bridgehead atoms. The number of carboxylic acids is 1. The molecule has 1 amide bonds. The Labute approximate surface area is 150 Å². The van der Waals surface area contributed by atoms with Crippen molar-refractivity contribution in [2.75, 3.05) is 5.32 Å². The first-order valence-electron chi connectivity index (χ1n) is 8.47. The highest BCUT2D eigenvalue weighted by atomic mass is 19.1. The number of benzene rings is 2. The highest BCUT2D eigenvalue weighted by molar-refractivity contribution is 5.94. The predicted molar refractivity (Wildman–Crippen MR) is 94.3 cm³/mol. The van der Waals surface area contributed by atoms with Crippen LogP contribution >= 0.6 is 0 Å². The van der Waals surface area contributed by atoms with Gasteiger partial charge in [-0.25, -0.2) is 4.39 Å². The number of aliphatic carboxylic acids is 1. The van der Waals surface area contributed by atoms with Crippen LogP contribution in [0.3, 0.4) is 0 Å². The summed E-state index contributed by atoms with van der Waals surface area (Å²) in [7, 11) is 0. The number of nitrogens with one attached hydrogen (secondary N) is 1. The van der Waals surface area contributed by atoms with Gasteiger partial charge in [0.1, 0.15) is 18.2 Å². The van der Waals surface area contributed by atoms with Crippen LogP contribution in [-0.2, 0) is 16.2 Å². The molecular weight excluding hydrogens is 337 g/mol. The molecule has 0 radical (unpaired) electrons. The molecule has 0 aromatic heterocycles. The first kappa shape index (κ1) is 17.9. The van der Waals surface area contributed by atoms with Gasteiger partial charge < -0.3 is 15.2 Å². The van der Waals surface area contributed by atoms with Gasteiger partial charge in [-0.3, -0.25) is 9.59 Å². The molecule has 0 atom stereocenters. The van der Waals surface area contributed by atoms with Gasteiger partial charge in [0.2, 0.25) is 5.91 Å². The van der Waals surface area contributed by atoms with E-state index in [0.717, 1.165) is 6.42 Å². The fourth-order valence-corrected chi connectivity index (χ4v) is 3.04. The van der Waals surface area contributed by atoms with Crippen LogP contribution in [0.1, 0.15) is 31.2 Å². The van der Waals surface area contributed by atoms with Crippen LogP contribution in [0.4, 0.5) is 10.1 Å². The zero-order valence-corrected chi connectivity index (χ0v) is 14.2. The number of carbonyl (C=O) groups excluding carboxylic acids is 1. The van der Waals surface area contributed by atoms with Crippen molar-refractivity contribution in [1.82, 2.24) is 0 Å². The van der Waals surface area contributed by atoms with Gasteiger partial charge in [0, 0.05) is 18.2 Å². The first-order chi connectivity index (χ1) is 12.5. The zero-order chi connectivity index (χ0) is 18.6. The van der Waals surface area contributed by atoms with E-state index in [1.807, 2.05) is 0 Å². The van der Waals surface area contributed by atoms with Crippen LogP contribution in [0.15, 0.2) is 48.5 Å². The lowest BCUT2D eigenvalue weighted by molar-refractivity contribution is -0.157. The van der Waals surface area contributed by atoms with Gasteiger partial charge in [-0.15, -0.1) is 0 Å². The van der Waals surface area contributed by atoms with Crippen LogP contribution in [0, 0.1) is 11.2 Å². The third-order valence-electron chi connectivity index (χ3n) is 4.68. The van der Waals surface area contributed by atoms with E-state index in [-0.39, 0.29) is 24.8 Å². The highest BCUT2D eigenvalue weighted by Crippen LogP contribution is 2.44. The standard InChI is InChI=1S/C20H20FNO4/c21-15-5-1-4-14(10-15)13-26-17-7-2-6-16(11-17)22-18(23)12-20(19(24)25)8-3-9-20/h1-2,4-7,10-11H,3,8-9,12-13H2,(H,22,23)(H,24,25). The minimum atomic E-state index is -0.921. The molecule has 0 aliphatic heterocycles. The summed E-state index contributed by atoms with van der Waals surface area (Å²) in [6.07, 6.45) is 1.87. The molecule has 136 valence electrons.